The van der Waals surface area contributed by atoms with Gasteiger partial charge in [-0.15, -0.1) is 0 Å². The molecule has 2 N–H and O–H groups in total. The van der Waals surface area contributed by atoms with E-state index in [0.29, 0.717) is 32.4 Å². The molecule has 5 heterocycles. The summed E-state index contributed by atoms with van der Waals surface area (Å²) in [5.41, 5.74) is -0.485. The fourth-order valence-corrected chi connectivity index (χ4v) is 6.04. The van der Waals surface area contributed by atoms with E-state index in [-0.39, 0.29) is 23.6 Å². The largest absolute Gasteiger partial charge is 0.474 e. The summed E-state index contributed by atoms with van der Waals surface area (Å²) < 4.78 is 48.1. The number of nitrogens with zero attached hydrogens (tertiary/aromatic N) is 7. The highest BCUT2D eigenvalue weighted by Crippen LogP contribution is 2.46. The summed E-state index contributed by atoms with van der Waals surface area (Å²) in [7, 11) is 0. The molecule has 0 radical (unpaired) electrons. The van der Waals surface area contributed by atoms with E-state index in [2.05, 4.69) is 36.0 Å². The number of likely N-dealkylation sites (tertiary alicyclic amines) is 1. The van der Waals surface area contributed by atoms with Gasteiger partial charge in [-0.05, 0) is 57.2 Å². The molecule has 10 nitrogen and oxygen atoms in total. The predicted octanol–water partition coefficient (Wildman–Crippen LogP) is 4.78. The number of aromatic amines is 1. The van der Waals surface area contributed by atoms with Crippen molar-refractivity contribution in [1.82, 2.24) is 34.6 Å². The molecular formula is C29H31F3N8O2. The van der Waals surface area contributed by atoms with E-state index >= 15 is 0 Å². The number of aromatic nitrogens is 6. The normalized spacial score (nSPS) is 22.2. The van der Waals surface area contributed by atoms with Crippen molar-refractivity contribution in [2.75, 3.05) is 13.1 Å². The van der Waals surface area contributed by atoms with Crippen LogP contribution in [0.15, 0.2) is 43.1 Å². The van der Waals surface area contributed by atoms with Crippen molar-refractivity contribution in [1.29, 1.82) is 5.26 Å². The van der Waals surface area contributed by atoms with Gasteiger partial charge in [-0.1, -0.05) is 0 Å². The van der Waals surface area contributed by atoms with Gasteiger partial charge in [0.25, 0.3) is 0 Å². The van der Waals surface area contributed by atoms with Crippen LogP contribution in [0.25, 0.3) is 22.3 Å². The molecule has 220 valence electrons. The Bertz CT molecular complexity index is 1590. The zero-order chi connectivity index (χ0) is 29.7. The molecule has 4 aromatic rings. The SMILES string of the molecule is CC(C)(O)c1cc(OC2CCN([C@H]3C[C@@](CC#N)(n4cc(-c5ncnc6[nH]ccc56)cn4)C3)CC2)nc(C(F)(F)F)c1. The molecule has 0 bridgehead atoms. The fraction of sp³-hybridized carbons (Fsp3) is 0.483. The zero-order valence-electron chi connectivity index (χ0n) is 23.3. The first-order chi connectivity index (χ1) is 19.9. The van der Waals surface area contributed by atoms with Gasteiger partial charge in [-0.25, -0.2) is 15.0 Å². The van der Waals surface area contributed by atoms with Gasteiger partial charge in [-0.2, -0.15) is 23.5 Å². The van der Waals surface area contributed by atoms with E-state index in [1.165, 1.54) is 26.2 Å². The van der Waals surface area contributed by atoms with E-state index in [9.17, 15) is 23.5 Å². The third kappa shape index (κ3) is 5.32. The molecule has 1 saturated heterocycles. The lowest BCUT2D eigenvalue weighted by Crippen LogP contribution is -2.58. The summed E-state index contributed by atoms with van der Waals surface area (Å²) >= 11 is 0. The van der Waals surface area contributed by atoms with E-state index < -0.39 is 23.0 Å². The molecule has 1 saturated carbocycles. The highest BCUT2D eigenvalue weighted by molar-refractivity contribution is 5.90. The van der Waals surface area contributed by atoms with Crippen LogP contribution in [-0.2, 0) is 17.3 Å². The first kappa shape index (κ1) is 28.1. The second-order valence-electron chi connectivity index (χ2n) is 11.7. The van der Waals surface area contributed by atoms with E-state index in [1.54, 1.807) is 6.20 Å². The Labute approximate surface area is 240 Å². The zero-order valence-corrected chi connectivity index (χ0v) is 23.3. The minimum Gasteiger partial charge on any atom is -0.474 e. The summed E-state index contributed by atoms with van der Waals surface area (Å²) in [6.07, 6.45) is 5.23. The molecule has 2 fully saturated rings. The molecule has 13 heteroatoms. The molecule has 1 aliphatic heterocycles. The molecule has 1 aliphatic carbocycles. The average molecular weight is 581 g/mol. The number of alkyl halides is 3. The Balaban J connectivity index is 1.10. The van der Waals surface area contributed by atoms with Crippen molar-refractivity contribution in [3.8, 4) is 23.2 Å². The molecule has 0 amide bonds. The van der Waals surface area contributed by atoms with Crippen LogP contribution in [0, 0.1) is 11.3 Å². The Morgan fingerprint density at radius 2 is 1.95 bits per heavy atom. The predicted molar refractivity (Wildman–Crippen MR) is 146 cm³/mol. The van der Waals surface area contributed by atoms with E-state index in [0.717, 1.165) is 41.2 Å². The second-order valence-corrected chi connectivity index (χ2v) is 11.7. The number of ether oxygens (including phenoxy) is 1. The molecule has 0 atom stereocenters. The van der Waals surface area contributed by atoms with Gasteiger partial charge in [0, 0.05) is 48.5 Å². The lowest BCUT2D eigenvalue weighted by molar-refractivity contribution is -0.141. The lowest BCUT2D eigenvalue weighted by Gasteiger charge is -2.52. The quantitative estimate of drug-likeness (QED) is 0.320. The second kappa shape index (κ2) is 10.4. The molecule has 0 unspecified atom stereocenters. The molecule has 0 aromatic carbocycles. The topological polar surface area (TPSA) is 129 Å². The van der Waals surface area contributed by atoms with Crippen LogP contribution >= 0.6 is 0 Å². The molecule has 6 rings (SSSR count). The number of nitrogens with one attached hydrogen (secondary N) is 1. The average Bonchev–Trinajstić information content (AvgIpc) is 3.60. The Morgan fingerprint density at radius 1 is 1.19 bits per heavy atom. The van der Waals surface area contributed by atoms with Crippen LogP contribution in [0.1, 0.15) is 57.2 Å². The van der Waals surface area contributed by atoms with Crippen LogP contribution < -0.4 is 4.74 Å². The number of H-pyrrole nitrogens is 1. The summed E-state index contributed by atoms with van der Waals surface area (Å²) in [5, 5.41) is 25.5. The highest BCUT2D eigenvalue weighted by atomic mass is 19.4. The number of fused-ring (bicyclic) bond motifs is 1. The minimum absolute atomic E-state index is 0.0968. The summed E-state index contributed by atoms with van der Waals surface area (Å²) in [4.78, 5) is 17.8. The molecule has 0 spiro atoms. The van der Waals surface area contributed by atoms with Crippen molar-refractivity contribution in [2.45, 2.75) is 75.4 Å². The summed E-state index contributed by atoms with van der Waals surface area (Å²) in [5.74, 6) is -0.132. The lowest BCUT2D eigenvalue weighted by atomic mass is 9.69. The third-order valence-corrected chi connectivity index (χ3v) is 8.41. The number of nitriles is 1. The van der Waals surface area contributed by atoms with Crippen LogP contribution in [0.5, 0.6) is 5.88 Å². The molecular weight excluding hydrogens is 549 g/mol. The van der Waals surface area contributed by atoms with Gasteiger partial charge >= 0.3 is 6.18 Å². The van der Waals surface area contributed by atoms with Crippen LogP contribution in [0.2, 0.25) is 0 Å². The highest BCUT2D eigenvalue weighted by Gasteiger charge is 2.49. The van der Waals surface area contributed by atoms with E-state index in [1.807, 2.05) is 23.1 Å². The van der Waals surface area contributed by atoms with Crippen molar-refractivity contribution < 1.29 is 23.0 Å². The smallest absolute Gasteiger partial charge is 0.433 e. The number of rotatable bonds is 7. The van der Waals surface area contributed by atoms with Gasteiger partial charge in [0.2, 0.25) is 5.88 Å². The van der Waals surface area contributed by atoms with Crippen molar-refractivity contribution in [3.05, 3.63) is 54.4 Å². The van der Waals surface area contributed by atoms with Gasteiger partial charge in [0.05, 0.1) is 35.5 Å². The van der Waals surface area contributed by atoms with E-state index in [4.69, 9.17) is 4.74 Å². The minimum atomic E-state index is -4.65. The standard InChI is InChI=1S/C29H31F3N8O2/c1-27(2,41)19-11-23(29(30,31)32)38-24(12-19)42-21-4-9-39(10-5-21)20-13-28(14-20,6-7-33)40-16-18(15-37-40)25-22-3-8-34-26(22)36-17-35-25/h3,8,11-12,15-17,20-21,41H,4-6,9-10,13-14H2,1-2H3,(H,34,35,36)/t20-,28+. The number of hydrogen-bond acceptors (Lipinski definition) is 8. The Kier molecular flexibility index (Phi) is 6.93. The number of halogens is 3. The molecule has 2 aliphatic rings. The number of aliphatic hydroxyl groups is 1. The van der Waals surface area contributed by atoms with Crippen LogP contribution in [-0.4, -0.2) is 65.0 Å². The first-order valence-electron chi connectivity index (χ1n) is 13.9. The summed E-state index contributed by atoms with van der Waals surface area (Å²) in [6.45, 7) is 4.28. The monoisotopic (exact) mass is 580 g/mol. The van der Waals surface area contributed by atoms with Crippen LogP contribution in [0.3, 0.4) is 0 Å². The third-order valence-electron chi connectivity index (χ3n) is 8.41. The van der Waals surface area contributed by atoms with Gasteiger partial charge in [0.15, 0.2) is 0 Å². The fourth-order valence-electron chi connectivity index (χ4n) is 6.04. The number of piperidine rings is 1. The molecule has 42 heavy (non-hydrogen) atoms. The summed E-state index contributed by atoms with van der Waals surface area (Å²) in [6, 6.07) is 6.76. The maximum absolute atomic E-state index is 13.4. The first-order valence-corrected chi connectivity index (χ1v) is 13.9. The van der Waals surface area contributed by atoms with Gasteiger partial charge in [-0.3, -0.25) is 9.58 Å². The maximum atomic E-state index is 13.4. The molecule has 4 aromatic heterocycles. The van der Waals surface area contributed by atoms with Crippen molar-refractivity contribution in [3.63, 3.8) is 0 Å². The van der Waals surface area contributed by atoms with Gasteiger partial charge < -0.3 is 14.8 Å². The Hall–Kier alpha value is -4.02. The van der Waals surface area contributed by atoms with Crippen molar-refractivity contribution in [2.24, 2.45) is 0 Å². The van der Waals surface area contributed by atoms with Crippen molar-refractivity contribution >= 4 is 11.0 Å². The Morgan fingerprint density at radius 3 is 2.64 bits per heavy atom. The van der Waals surface area contributed by atoms with Crippen LogP contribution in [0.4, 0.5) is 13.2 Å². The van der Waals surface area contributed by atoms with Gasteiger partial charge in [0.1, 0.15) is 23.8 Å². The maximum Gasteiger partial charge on any atom is 0.433 e. The number of hydrogen-bond donors (Lipinski definition) is 2. The number of pyridine rings is 1.